The number of guanidine groups is 1. The van der Waals surface area contributed by atoms with Crippen molar-refractivity contribution in [2.45, 2.75) is 39.2 Å². The number of nitrogens with zero attached hydrogens (tertiary/aromatic N) is 2. The van der Waals surface area contributed by atoms with Crippen LogP contribution in [0.3, 0.4) is 0 Å². The minimum Gasteiger partial charge on any atom is -0.357 e. The largest absolute Gasteiger partial charge is 0.357 e. The molecule has 27 heavy (non-hydrogen) atoms. The van der Waals surface area contributed by atoms with Crippen LogP contribution in [0, 0.1) is 5.92 Å². The monoisotopic (exact) mass is 371 g/mol. The Morgan fingerprint density at radius 2 is 1.89 bits per heavy atom. The molecule has 0 bridgehead atoms. The van der Waals surface area contributed by atoms with E-state index in [1.807, 2.05) is 36.1 Å². The summed E-state index contributed by atoms with van der Waals surface area (Å²) in [6.07, 6.45) is 3.62. The molecule has 3 rings (SSSR count). The lowest BCUT2D eigenvalue weighted by molar-refractivity contribution is -0.122. The maximum Gasteiger partial charge on any atom is 0.227 e. The Morgan fingerprint density at radius 1 is 1.15 bits per heavy atom. The maximum atomic E-state index is 11.8. The summed E-state index contributed by atoms with van der Waals surface area (Å²) >= 11 is 0. The van der Waals surface area contributed by atoms with Crippen LogP contribution in [0.5, 0.6) is 0 Å². The average molecular weight is 371 g/mol. The number of carbonyl (C=O) groups excluding carboxylic acids is 2. The van der Waals surface area contributed by atoms with E-state index >= 15 is 0 Å². The van der Waals surface area contributed by atoms with Crippen molar-refractivity contribution in [3.8, 4) is 0 Å². The van der Waals surface area contributed by atoms with Gasteiger partial charge in [0.25, 0.3) is 0 Å². The van der Waals surface area contributed by atoms with E-state index in [-0.39, 0.29) is 17.7 Å². The van der Waals surface area contributed by atoms with E-state index < -0.39 is 0 Å². The van der Waals surface area contributed by atoms with Crippen molar-refractivity contribution < 1.29 is 9.59 Å². The minimum absolute atomic E-state index is 0.162. The lowest BCUT2D eigenvalue weighted by atomic mass is 10.2. The molecule has 1 saturated heterocycles. The van der Waals surface area contributed by atoms with Gasteiger partial charge in [0.2, 0.25) is 11.8 Å². The molecular formula is C20H29N5O2. The number of benzene rings is 1. The Bertz CT molecular complexity index is 682. The van der Waals surface area contributed by atoms with Crippen molar-refractivity contribution in [2.75, 3.05) is 31.1 Å². The predicted octanol–water partition coefficient (Wildman–Crippen LogP) is 1.39. The van der Waals surface area contributed by atoms with E-state index in [1.54, 1.807) is 0 Å². The molecule has 0 atom stereocenters. The Morgan fingerprint density at radius 3 is 2.52 bits per heavy atom. The molecule has 7 nitrogen and oxygen atoms in total. The van der Waals surface area contributed by atoms with Gasteiger partial charge in [0, 0.05) is 44.2 Å². The highest BCUT2D eigenvalue weighted by molar-refractivity contribution is 5.95. The molecule has 0 spiro atoms. The second kappa shape index (κ2) is 9.39. The van der Waals surface area contributed by atoms with Gasteiger partial charge in [-0.05, 0) is 43.9 Å². The summed E-state index contributed by atoms with van der Waals surface area (Å²) in [5, 5.41) is 9.39. The van der Waals surface area contributed by atoms with Crippen molar-refractivity contribution >= 4 is 23.5 Å². The lowest BCUT2D eigenvalue weighted by Gasteiger charge is -2.16. The summed E-state index contributed by atoms with van der Waals surface area (Å²) in [7, 11) is 0. The first-order chi connectivity index (χ1) is 13.2. The number of carbonyl (C=O) groups is 2. The third kappa shape index (κ3) is 5.70. The first kappa shape index (κ1) is 19.2. The van der Waals surface area contributed by atoms with Crippen LogP contribution in [0.2, 0.25) is 0 Å². The first-order valence-electron chi connectivity index (χ1n) is 9.86. The molecule has 3 N–H and O–H groups in total. The van der Waals surface area contributed by atoms with Gasteiger partial charge in [0.15, 0.2) is 5.96 Å². The van der Waals surface area contributed by atoms with Crippen molar-refractivity contribution in [2.24, 2.45) is 10.9 Å². The zero-order valence-electron chi connectivity index (χ0n) is 16.0. The van der Waals surface area contributed by atoms with Crippen LogP contribution in [0.4, 0.5) is 5.69 Å². The fraction of sp³-hybridized carbons (Fsp3) is 0.550. The molecule has 2 amide bonds. The first-order valence-corrected chi connectivity index (χ1v) is 9.86. The normalized spacial score (nSPS) is 17.1. The highest BCUT2D eigenvalue weighted by atomic mass is 16.2. The summed E-state index contributed by atoms with van der Waals surface area (Å²) in [6.45, 7) is 5.39. The fourth-order valence-electron chi connectivity index (χ4n) is 3.07. The Kier molecular flexibility index (Phi) is 6.68. The van der Waals surface area contributed by atoms with Crippen LogP contribution in [0.15, 0.2) is 29.3 Å². The summed E-state index contributed by atoms with van der Waals surface area (Å²) in [6, 6.07) is 8.01. The van der Waals surface area contributed by atoms with Crippen molar-refractivity contribution in [3.05, 3.63) is 29.8 Å². The third-order valence-electron chi connectivity index (χ3n) is 4.75. The molecule has 1 aliphatic heterocycles. The van der Waals surface area contributed by atoms with Crippen molar-refractivity contribution in [1.29, 1.82) is 0 Å². The number of aliphatic imine (C=N–C) groups is 1. The predicted molar refractivity (Wildman–Crippen MR) is 107 cm³/mol. The van der Waals surface area contributed by atoms with Gasteiger partial charge in [-0.1, -0.05) is 12.1 Å². The molecule has 2 aliphatic rings. The van der Waals surface area contributed by atoms with E-state index in [9.17, 15) is 9.59 Å². The molecule has 1 saturated carbocycles. The van der Waals surface area contributed by atoms with Crippen molar-refractivity contribution in [3.63, 3.8) is 0 Å². The molecule has 0 radical (unpaired) electrons. The van der Waals surface area contributed by atoms with Gasteiger partial charge in [-0.15, -0.1) is 0 Å². The van der Waals surface area contributed by atoms with E-state index in [0.717, 1.165) is 49.6 Å². The SMILES string of the molecule is CCNC(=NCc1ccc(N2CCCC2=O)cc1)NCCNC(=O)C1CC1. The number of hydrogen-bond donors (Lipinski definition) is 3. The van der Waals surface area contributed by atoms with Crippen LogP contribution >= 0.6 is 0 Å². The molecule has 0 aromatic heterocycles. The molecule has 2 fully saturated rings. The third-order valence-corrected chi connectivity index (χ3v) is 4.75. The van der Waals surface area contributed by atoms with E-state index in [0.29, 0.717) is 26.1 Å². The summed E-state index contributed by atoms with van der Waals surface area (Å²) in [5.41, 5.74) is 2.05. The zero-order chi connectivity index (χ0) is 19.1. The molecule has 0 unspecified atom stereocenters. The van der Waals surface area contributed by atoms with Crippen molar-refractivity contribution in [1.82, 2.24) is 16.0 Å². The Labute approximate surface area is 160 Å². The topological polar surface area (TPSA) is 85.8 Å². The molecule has 1 heterocycles. The Balaban J connectivity index is 1.46. The number of hydrogen-bond acceptors (Lipinski definition) is 3. The molecule has 1 aliphatic carbocycles. The van der Waals surface area contributed by atoms with Gasteiger partial charge in [0.1, 0.15) is 0 Å². The fourth-order valence-corrected chi connectivity index (χ4v) is 3.07. The van der Waals surface area contributed by atoms with Gasteiger partial charge in [0.05, 0.1) is 6.54 Å². The quantitative estimate of drug-likeness (QED) is 0.366. The highest BCUT2D eigenvalue weighted by Gasteiger charge is 2.29. The van der Waals surface area contributed by atoms with E-state index in [2.05, 4.69) is 20.9 Å². The van der Waals surface area contributed by atoms with Gasteiger partial charge in [-0.2, -0.15) is 0 Å². The number of anilines is 1. The van der Waals surface area contributed by atoms with Gasteiger partial charge in [-0.25, -0.2) is 4.99 Å². The molecule has 1 aromatic carbocycles. The minimum atomic E-state index is 0.162. The summed E-state index contributed by atoms with van der Waals surface area (Å²) in [5.74, 6) is 1.34. The van der Waals surface area contributed by atoms with Crippen LogP contribution in [0.1, 0.15) is 38.2 Å². The number of nitrogens with one attached hydrogen (secondary N) is 3. The van der Waals surface area contributed by atoms with Gasteiger partial charge >= 0.3 is 0 Å². The standard InChI is InChI=1S/C20H29N5O2/c1-2-21-20(23-12-11-22-19(27)16-7-8-16)24-14-15-5-9-17(10-6-15)25-13-3-4-18(25)26/h5-6,9-10,16H,2-4,7-8,11-14H2,1H3,(H,22,27)(H2,21,23,24). The molecule has 7 heteroatoms. The van der Waals surface area contributed by atoms with Gasteiger partial charge < -0.3 is 20.9 Å². The summed E-state index contributed by atoms with van der Waals surface area (Å²) in [4.78, 5) is 29.9. The molecule has 146 valence electrons. The number of rotatable bonds is 8. The Hall–Kier alpha value is -2.57. The van der Waals surface area contributed by atoms with E-state index in [4.69, 9.17) is 0 Å². The zero-order valence-corrected chi connectivity index (χ0v) is 16.0. The average Bonchev–Trinajstić information content (AvgIpc) is 3.45. The molecule has 1 aromatic rings. The maximum absolute atomic E-state index is 11.8. The second-order valence-corrected chi connectivity index (χ2v) is 7.00. The summed E-state index contributed by atoms with van der Waals surface area (Å²) < 4.78 is 0. The van der Waals surface area contributed by atoms with Crippen LogP contribution in [-0.4, -0.2) is 44.0 Å². The lowest BCUT2D eigenvalue weighted by Crippen LogP contribution is -2.41. The van der Waals surface area contributed by atoms with Crippen LogP contribution in [-0.2, 0) is 16.1 Å². The van der Waals surface area contributed by atoms with Crippen LogP contribution in [0.25, 0.3) is 0 Å². The smallest absolute Gasteiger partial charge is 0.227 e. The van der Waals surface area contributed by atoms with Crippen LogP contribution < -0.4 is 20.9 Å². The second-order valence-electron chi connectivity index (χ2n) is 7.00. The van der Waals surface area contributed by atoms with E-state index in [1.165, 1.54) is 0 Å². The number of amides is 2. The van der Waals surface area contributed by atoms with Gasteiger partial charge in [-0.3, -0.25) is 9.59 Å². The molecular weight excluding hydrogens is 342 g/mol. The highest BCUT2D eigenvalue weighted by Crippen LogP contribution is 2.28.